The number of rotatable bonds is 8. The summed E-state index contributed by atoms with van der Waals surface area (Å²) in [5.41, 5.74) is 6.58. The first-order chi connectivity index (χ1) is 13.7. The number of aryl methyl sites for hydroxylation is 1. The number of benzene rings is 1. The van der Waals surface area contributed by atoms with Gasteiger partial charge in [0, 0.05) is 17.7 Å². The van der Waals surface area contributed by atoms with Crippen LogP contribution in [-0.4, -0.2) is 37.8 Å². The average Bonchev–Trinajstić information content (AvgIpc) is 3.45. The summed E-state index contributed by atoms with van der Waals surface area (Å²) < 4.78 is 12.9. The van der Waals surface area contributed by atoms with E-state index in [0.29, 0.717) is 11.7 Å². The van der Waals surface area contributed by atoms with E-state index in [0.717, 1.165) is 45.2 Å². The van der Waals surface area contributed by atoms with E-state index in [2.05, 4.69) is 20.4 Å². The zero-order valence-electron chi connectivity index (χ0n) is 15.1. The van der Waals surface area contributed by atoms with E-state index in [-0.39, 0.29) is 0 Å². The zero-order valence-corrected chi connectivity index (χ0v) is 16.7. The molecule has 2 N–H and O–H groups in total. The van der Waals surface area contributed by atoms with Crippen LogP contribution >= 0.6 is 23.1 Å². The average molecular weight is 415 g/mol. The molecule has 0 aliphatic heterocycles. The van der Waals surface area contributed by atoms with Gasteiger partial charge in [-0.2, -0.15) is 0 Å². The van der Waals surface area contributed by atoms with Crippen LogP contribution < -0.4 is 10.5 Å². The van der Waals surface area contributed by atoms with Crippen LogP contribution in [0.15, 0.2) is 52.2 Å². The standard InChI is InChI=1S/C18H18N6O2S2/c1-25-13-5-2-4-12(10-13)16-21-23-18(24(16)11-14-6-3-8-26-14)27-9-7-15-20-22-17(19)28-15/h2-6,8,10H,7,9,11H2,1H3,(H2,19,22). The molecular weight excluding hydrogens is 396 g/mol. The molecule has 28 heavy (non-hydrogen) atoms. The molecule has 4 rings (SSSR count). The van der Waals surface area contributed by atoms with Gasteiger partial charge in [0.2, 0.25) is 5.13 Å². The number of ether oxygens (including phenoxy) is 1. The number of aromatic nitrogens is 5. The lowest BCUT2D eigenvalue weighted by molar-refractivity contribution is 0.415. The minimum atomic E-state index is 0.487. The molecule has 144 valence electrons. The molecule has 3 heterocycles. The molecule has 0 atom stereocenters. The van der Waals surface area contributed by atoms with Crippen molar-refractivity contribution in [3.8, 4) is 17.1 Å². The summed E-state index contributed by atoms with van der Waals surface area (Å²) in [6, 6.07) is 11.6. The molecular formula is C18H18N6O2S2. The van der Waals surface area contributed by atoms with Gasteiger partial charge in [-0.05, 0) is 24.3 Å². The first kappa shape index (κ1) is 18.5. The third-order valence-electron chi connectivity index (χ3n) is 3.97. The molecule has 0 bridgehead atoms. The van der Waals surface area contributed by atoms with Crippen molar-refractivity contribution in [2.45, 2.75) is 18.1 Å². The van der Waals surface area contributed by atoms with Crippen LogP contribution in [0.1, 0.15) is 10.8 Å². The van der Waals surface area contributed by atoms with Crippen molar-refractivity contribution in [2.75, 3.05) is 18.6 Å². The predicted molar refractivity (Wildman–Crippen MR) is 109 cm³/mol. The fourth-order valence-corrected chi connectivity index (χ4v) is 4.29. The number of nitrogen functional groups attached to an aromatic ring is 1. The number of nitrogens with zero attached hydrogens (tertiary/aromatic N) is 5. The van der Waals surface area contributed by atoms with Gasteiger partial charge in [0.1, 0.15) is 16.5 Å². The number of methoxy groups -OCH3 is 1. The second-order valence-corrected chi connectivity index (χ2v) is 7.99. The Hall–Kier alpha value is -2.85. The smallest absolute Gasteiger partial charge is 0.203 e. The molecule has 10 heteroatoms. The molecule has 4 aromatic rings. The van der Waals surface area contributed by atoms with Crippen LogP contribution in [0, 0.1) is 0 Å². The van der Waals surface area contributed by atoms with Gasteiger partial charge in [0.15, 0.2) is 11.0 Å². The van der Waals surface area contributed by atoms with E-state index in [4.69, 9.17) is 14.9 Å². The monoisotopic (exact) mass is 414 g/mol. The molecule has 8 nitrogen and oxygen atoms in total. The molecule has 0 spiro atoms. The Morgan fingerprint density at radius 2 is 2.11 bits per heavy atom. The quantitative estimate of drug-likeness (QED) is 0.438. The Bertz CT molecular complexity index is 1040. The van der Waals surface area contributed by atoms with Crippen LogP contribution in [0.4, 0.5) is 5.13 Å². The first-order valence-corrected chi connectivity index (χ1v) is 10.3. The lowest BCUT2D eigenvalue weighted by Gasteiger charge is -2.09. The van der Waals surface area contributed by atoms with E-state index < -0.39 is 0 Å². The summed E-state index contributed by atoms with van der Waals surface area (Å²) in [5.74, 6) is 3.16. The van der Waals surface area contributed by atoms with Gasteiger partial charge in [0.25, 0.3) is 0 Å². The highest BCUT2D eigenvalue weighted by molar-refractivity contribution is 7.99. The summed E-state index contributed by atoms with van der Waals surface area (Å²) in [6.45, 7) is 0.542. The van der Waals surface area contributed by atoms with Crippen molar-refractivity contribution < 1.29 is 9.15 Å². The van der Waals surface area contributed by atoms with Crippen LogP contribution in [-0.2, 0) is 13.0 Å². The lowest BCUT2D eigenvalue weighted by Crippen LogP contribution is -2.04. The molecule has 0 aliphatic rings. The molecule has 1 aromatic carbocycles. The van der Waals surface area contributed by atoms with E-state index in [1.807, 2.05) is 41.0 Å². The van der Waals surface area contributed by atoms with Crippen LogP contribution in [0.25, 0.3) is 11.4 Å². The van der Waals surface area contributed by atoms with E-state index in [9.17, 15) is 0 Å². The van der Waals surface area contributed by atoms with Crippen molar-refractivity contribution >= 4 is 28.2 Å². The van der Waals surface area contributed by atoms with Crippen molar-refractivity contribution in [3.05, 3.63) is 53.4 Å². The SMILES string of the molecule is COc1cccc(-c2nnc(SCCc3nnc(N)s3)n2Cc2ccco2)c1. The Morgan fingerprint density at radius 1 is 1.18 bits per heavy atom. The first-order valence-electron chi connectivity index (χ1n) is 8.53. The van der Waals surface area contributed by atoms with Crippen molar-refractivity contribution in [2.24, 2.45) is 0 Å². The highest BCUT2D eigenvalue weighted by atomic mass is 32.2. The highest BCUT2D eigenvalue weighted by Gasteiger charge is 2.16. The lowest BCUT2D eigenvalue weighted by atomic mass is 10.2. The maximum atomic E-state index is 5.64. The third kappa shape index (κ3) is 4.18. The maximum Gasteiger partial charge on any atom is 0.203 e. The van der Waals surface area contributed by atoms with Crippen molar-refractivity contribution in [1.29, 1.82) is 0 Å². The Morgan fingerprint density at radius 3 is 2.86 bits per heavy atom. The highest BCUT2D eigenvalue weighted by Crippen LogP contribution is 2.28. The Balaban J connectivity index is 1.59. The number of anilines is 1. The second-order valence-electron chi connectivity index (χ2n) is 5.84. The predicted octanol–water partition coefficient (Wildman–Crippen LogP) is 3.36. The summed E-state index contributed by atoms with van der Waals surface area (Å²) >= 11 is 3.02. The summed E-state index contributed by atoms with van der Waals surface area (Å²) in [4.78, 5) is 0. The van der Waals surface area contributed by atoms with E-state index in [1.54, 1.807) is 25.1 Å². The molecule has 0 saturated heterocycles. The van der Waals surface area contributed by atoms with Gasteiger partial charge < -0.3 is 14.9 Å². The van der Waals surface area contributed by atoms with Crippen molar-refractivity contribution in [3.63, 3.8) is 0 Å². The van der Waals surface area contributed by atoms with Gasteiger partial charge in [-0.1, -0.05) is 35.2 Å². The van der Waals surface area contributed by atoms with Gasteiger partial charge in [-0.3, -0.25) is 4.57 Å². The topological polar surface area (TPSA) is 105 Å². The Labute approximate surface area is 169 Å². The molecule has 0 unspecified atom stereocenters. The summed E-state index contributed by atoms with van der Waals surface area (Å²) in [5, 5.41) is 18.9. The molecule has 0 amide bonds. The van der Waals surface area contributed by atoms with Crippen molar-refractivity contribution in [1.82, 2.24) is 25.0 Å². The van der Waals surface area contributed by atoms with Gasteiger partial charge in [-0.15, -0.1) is 20.4 Å². The molecule has 0 radical (unpaired) electrons. The minimum Gasteiger partial charge on any atom is -0.497 e. The fraction of sp³-hybridized carbons (Fsp3) is 0.222. The normalized spacial score (nSPS) is 11.0. The number of nitrogens with two attached hydrogens (primary N) is 1. The van der Waals surface area contributed by atoms with Crippen LogP contribution in [0.5, 0.6) is 5.75 Å². The number of thioether (sulfide) groups is 1. The number of hydrogen-bond donors (Lipinski definition) is 1. The molecule has 3 aromatic heterocycles. The molecule has 0 saturated carbocycles. The Kier molecular flexibility index (Phi) is 5.58. The molecule has 0 fully saturated rings. The number of furan rings is 1. The number of hydrogen-bond acceptors (Lipinski definition) is 9. The van der Waals surface area contributed by atoms with Gasteiger partial charge in [0.05, 0.1) is 19.9 Å². The summed E-state index contributed by atoms with van der Waals surface area (Å²) in [6.07, 6.45) is 2.43. The van der Waals surface area contributed by atoms with E-state index in [1.165, 1.54) is 11.3 Å². The maximum absolute atomic E-state index is 5.64. The van der Waals surface area contributed by atoms with E-state index >= 15 is 0 Å². The largest absolute Gasteiger partial charge is 0.497 e. The van der Waals surface area contributed by atoms with Crippen LogP contribution in [0.2, 0.25) is 0 Å². The van der Waals surface area contributed by atoms with Gasteiger partial charge in [-0.25, -0.2) is 0 Å². The zero-order chi connectivity index (χ0) is 19.3. The molecule has 0 aliphatic carbocycles. The minimum absolute atomic E-state index is 0.487. The second kappa shape index (κ2) is 8.44. The fourth-order valence-electron chi connectivity index (χ4n) is 2.67. The summed E-state index contributed by atoms with van der Waals surface area (Å²) in [7, 11) is 1.65. The van der Waals surface area contributed by atoms with Gasteiger partial charge >= 0.3 is 0 Å². The third-order valence-corrected chi connectivity index (χ3v) is 5.75. The van der Waals surface area contributed by atoms with Crippen LogP contribution in [0.3, 0.4) is 0 Å².